The molecule has 0 aliphatic rings. The number of aromatic nitrogens is 1. The predicted octanol–water partition coefficient (Wildman–Crippen LogP) is 1.64. The largest absolute Gasteiger partial charge is 0.496 e. The Balaban J connectivity index is 2.79. The molecule has 0 aliphatic carbocycles. The first kappa shape index (κ1) is 13.4. The fourth-order valence-electron chi connectivity index (χ4n) is 2.24. The van der Waals surface area contributed by atoms with Crippen molar-refractivity contribution < 1.29 is 9.84 Å². The fraction of sp³-hybridized carbons (Fsp3) is 0.267. The minimum atomic E-state index is -0.761. The molecule has 0 unspecified atom stereocenters. The highest BCUT2D eigenvalue weighted by Crippen LogP contribution is 2.27. The third-order valence-corrected chi connectivity index (χ3v) is 3.24. The molecular weight excluding hydrogens is 242 g/mol. The number of nitrogens with zero attached hydrogens (tertiary/aromatic N) is 1. The Morgan fingerprint density at radius 1 is 1.47 bits per heavy atom. The van der Waals surface area contributed by atoms with E-state index in [-0.39, 0.29) is 12.0 Å². The molecule has 2 aromatic rings. The first-order valence-corrected chi connectivity index (χ1v) is 6.05. The Kier molecular flexibility index (Phi) is 3.71. The molecule has 1 heterocycles. The lowest BCUT2D eigenvalue weighted by atomic mass is 10.0. The van der Waals surface area contributed by atoms with Gasteiger partial charge >= 0.3 is 0 Å². The molecule has 0 saturated heterocycles. The Morgan fingerprint density at radius 2 is 2.16 bits per heavy atom. The third-order valence-electron chi connectivity index (χ3n) is 3.24. The number of hydrogen-bond donors (Lipinski definition) is 1. The number of rotatable bonds is 4. The maximum atomic E-state index is 12.4. The van der Waals surface area contributed by atoms with Crippen LogP contribution in [0.2, 0.25) is 0 Å². The van der Waals surface area contributed by atoms with Crippen LogP contribution in [0.3, 0.4) is 0 Å². The van der Waals surface area contributed by atoms with Crippen molar-refractivity contribution in [2.24, 2.45) is 7.05 Å². The van der Waals surface area contributed by atoms with Crippen molar-refractivity contribution in [3.8, 4) is 5.75 Å². The molecular formula is C15H17NO3. The molecule has 0 aliphatic heterocycles. The highest BCUT2D eigenvalue weighted by atomic mass is 16.5. The summed E-state index contributed by atoms with van der Waals surface area (Å²) >= 11 is 0. The van der Waals surface area contributed by atoms with Crippen molar-refractivity contribution in [1.29, 1.82) is 0 Å². The SMILES string of the molecule is C=C[C@@H](O)Cc1c(OC)c2ccccc2n(C)c1=O. The molecule has 0 amide bonds. The Morgan fingerprint density at radius 3 is 2.79 bits per heavy atom. The number of pyridine rings is 1. The minimum absolute atomic E-state index is 0.156. The van der Waals surface area contributed by atoms with Gasteiger partial charge in [-0.15, -0.1) is 6.58 Å². The highest BCUT2D eigenvalue weighted by Gasteiger charge is 2.17. The number of aliphatic hydroxyl groups excluding tert-OH is 1. The topological polar surface area (TPSA) is 51.5 Å². The van der Waals surface area contributed by atoms with E-state index in [2.05, 4.69) is 6.58 Å². The lowest BCUT2D eigenvalue weighted by molar-refractivity contribution is 0.222. The van der Waals surface area contributed by atoms with Gasteiger partial charge in [0.15, 0.2) is 0 Å². The second-order valence-electron chi connectivity index (χ2n) is 4.40. The number of methoxy groups -OCH3 is 1. The summed E-state index contributed by atoms with van der Waals surface area (Å²) in [5, 5.41) is 10.6. The van der Waals surface area contributed by atoms with Crippen molar-refractivity contribution in [2.45, 2.75) is 12.5 Å². The number of aliphatic hydroxyl groups is 1. The second kappa shape index (κ2) is 5.28. The normalized spacial score (nSPS) is 12.4. The van der Waals surface area contributed by atoms with Gasteiger partial charge in [-0.2, -0.15) is 0 Å². The van der Waals surface area contributed by atoms with Gasteiger partial charge in [0, 0.05) is 18.9 Å². The van der Waals surface area contributed by atoms with E-state index in [1.807, 2.05) is 24.3 Å². The summed E-state index contributed by atoms with van der Waals surface area (Å²) in [5.41, 5.74) is 1.12. The standard InChI is InChI=1S/C15H17NO3/c1-4-10(17)9-12-14(19-3)11-7-5-6-8-13(11)16(2)15(12)18/h4-8,10,17H,1,9H2,2-3H3/t10-/m1/s1. The number of aryl methyl sites for hydroxylation is 1. The molecule has 1 N–H and O–H groups in total. The van der Waals surface area contributed by atoms with E-state index < -0.39 is 6.10 Å². The van der Waals surface area contributed by atoms with Crippen LogP contribution < -0.4 is 10.3 Å². The van der Waals surface area contributed by atoms with E-state index in [1.54, 1.807) is 11.6 Å². The maximum Gasteiger partial charge on any atom is 0.257 e. The number of para-hydroxylation sites is 1. The zero-order chi connectivity index (χ0) is 14.0. The molecule has 1 atom stereocenters. The van der Waals surface area contributed by atoms with Crippen molar-refractivity contribution in [3.63, 3.8) is 0 Å². The zero-order valence-electron chi connectivity index (χ0n) is 11.1. The van der Waals surface area contributed by atoms with Gasteiger partial charge in [0.1, 0.15) is 5.75 Å². The van der Waals surface area contributed by atoms with E-state index in [9.17, 15) is 9.90 Å². The summed E-state index contributed by atoms with van der Waals surface area (Å²) in [6.45, 7) is 3.53. The lowest BCUT2D eigenvalue weighted by Gasteiger charge is -2.15. The molecule has 1 aromatic carbocycles. The van der Waals surface area contributed by atoms with Gasteiger partial charge in [-0.05, 0) is 12.1 Å². The van der Waals surface area contributed by atoms with E-state index in [0.29, 0.717) is 11.3 Å². The van der Waals surface area contributed by atoms with Crippen molar-refractivity contribution in [2.75, 3.05) is 7.11 Å². The molecule has 2 rings (SSSR count). The summed E-state index contributed by atoms with van der Waals surface area (Å²) in [6.07, 6.45) is 0.848. The molecule has 1 aromatic heterocycles. The van der Waals surface area contributed by atoms with Crippen LogP contribution in [0.25, 0.3) is 10.9 Å². The number of hydrogen-bond acceptors (Lipinski definition) is 3. The lowest BCUT2D eigenvalue weighted by Crippen LogP contribution is -2.25. The fourth-order valence-corrected chi connectivity index (χ4v) is 2.24. The van der Waals surface area contributed by atoms with Crippen LogP contribution in [0.5, 0.6) is 5.75 Å². The molecule has 0 fully saturated rings. The predicted molar refractivity (Wildman–Crippen MR) is 75.6 cm³/mol. The van der Waals surface area contributed by atoms with Gasteiger partial charge in [-0.1, -0.05) is 18.2 Å². The monoisotopic (exact) mass is 259 g/mol. The van der Waals surface area contributed by atoms with Crippen LogP contribution in [-0.2, 0) is 13.5 Å². The van der Waals surface area contributed by atoms with Crippen molar-refractivity contribution in [1.82, 2.24) is 4.57 Å². The van der Waals surface area contributed by atoms with Crippen molar-refractivity contribution in [3.05, 3.63) is 52.8 Å². The number of ether oxygens (including phenoxy) is 1. The summed E-state index contributed by atoms with van der Waals surface area (Å²) < 4.78 is 6.95. The van der Waals surface area contributed by atoms with Crippen LogP contribution in [0.15, 0.2) is 41.7 Å². The summed E-state index contributed by atoms with van der Waals surface area (Å²) in [7, 11) is 3.25. The van der Waals surface area contributed by atoms with E-state index in [4.69, 9.17) is 4.74 Å². The minimum Gasteiger partial charge on any atom is -0.496 e. The molecule has 4 nitrogen and oxygen atoms in total. The molecule has 19 heavy (non-hydrogen) atoms. The Bertz CT molecular complexity index is 673. The van der Waals surface area contributed by atoms with E-state index in [0.717, 1.165) is 10.9 Å². The van der Waals surface area contributed by atoms with Crippen LogP contribution in [0, 0.1) is 0 Å². The summed E-state index contributed by atoms with van der Waals surface area (Å²) in [5.74, 6) is 0.527. The van der Waals surface area contributed by atoms with Crippen molar-refractivity contribution >= 4 is 10.9 Å². The Hall–Kier alpha value is -2.07. The smallest absolute Gasteiger partial charge is 0.257 e. The van der Waals surface area contributed by atoms with Crippen LogP contribution in [-0.4, -0.2) is 22.9 Å². The van der Waals surface area contributed by atoms with Crippen LogP contribution in [0.4, 0.5) is 0 Å². The summed E-state index contributed by atoms with van der Waals surface area (Å²) in [6, 6.07) is 7.53. The first-order valence-electron chi connectivity index (χ1n) is 6.05. The van der Waals surface area contributed by atoms with Gasteiger partial charge in [0.25, 0.3) is 5.56 Å². The van der Waals surface area contributed by atoms with Gasteiger partial charge < -0.3 is 14.4 Å². The average Bonchev–Trinajstić information content (AvgIpc) is 2.44. The number of fused-ring (bicyclic) bond motifs is 1. The number of benzene rings is 1. The second-order valence-corrected chi connectivity index (χ2v) is 4.40. The molecule has 0 bridgehead atoms. The third kappa shape index (κ3) is 2.27. The molecule has 0 radical (unpaired) electrons. The molecule has 4 heteroatoms. The van der Waals surface area contributed by atoms with Gasteiger partial charge in [0.05, 0.1) is 24.3 Å². The molecule has 0 spiro atoms. The first-order chi connectivity index (χ1) is 9.10. The summed E-state index contributed by atoms with van der Waals surface area (Å²) in [4.78, 5) is 12.4. The molecule has 100 valence electrons. The van der Waals surface area contributed by atoms with Crippen LogP contribution >= 0.6 is 0 Å². The van der Waals surface area contributed by atoms with Crippen LogP contribution in [0.1, 0.15) is 5.56 Å². The molecule has 0 saturated carbocycles. The highest BCUT2D eigenvalue weighted by molar-refractivity contribution is 5.86. The van der Waals surface area contributed by atoms with Gasteiger partial charge in [-0.25, -0.2) is 0 Å². The zero-order valence-corrected chi connectivity index (χ0v) is 11.1. The van der Waals surface area contributed by atoms with Gasteiger partial charge in [-0.3, -0.25) is 4.79 Å². The van der Waals surface area contributed by atoms with E-state index in [1.165, 1.54) is 13.2 Å². The van der Waals surface area contributed by atoms with E-state index >= 15 is 0 Å². The Labute approximate surface area is 111 Å². The van der Waals surface area contributed by atoms with Gasteiger partial charge in [0.2, 0.25) is 0 Å². The maximum absolute atomic E-state index is 12.4. The average molecular weight is 259 g/mol. The quantitative estimate of drug-likeness (QED) is 0.849.